The minimum Gasteiger partial charge on any atom is -0.483 e. The zero-order chi connectivity index (χ0) is 18.7. The topological polar surface area (TPSA) is 67.9 Å². The number of ether oxygens (including phenoxy) is 2. The molecular formula is C20H22N2O4. The van der Waals surface area contributed by atoms with Crippen molar-refractivity contribution in [2.24, 2.45) is 0 Å². The number of nitrogens with zero attached hydrogens (tertiary/aromatic N) is 1. The molecule has 136 valence electrons. The standard InChI is InChI=1S/C20H22N2O4/c1-13-7-6-8-14(2)19(13)25-12-18(23)22-11-17(20(24)21-3)26-16-10-5-4-9-15(16)22/h4-10,17H,11-12H2,1-3H3,(H,21,24)/t17-/m0/s1. The number of benzene rings is 2. The van der Waals surface area contributed by atoms with E-state index in [2.05, 4.69) is 5.32 Å². The van der Waals surface area contributed by atoms with Gasteiger partial charge >= 0.3 is 0 Å². The predicted octanol–water partition coefficient (Wildman–Crippen LogP) is 2.22. The van der Waals surface area contributed by atoms with Gasteiger partial charge in [0.1, 0.15) is 11.5 Å². The highest BCUT2D eigenvalue weighted by Gasteiger charge is 2.33. The SMILES string of the molecule is CNC(=O)[C@@H]1CN(C(=O)COc2c(C)cccc2C)c2ccccc2O1. The lowest BCUT2D eigenvalue weighted by Crippen LogP contribution is -2.51. The number of fused-ring (bicyclic) bond motifs is 1. The first-order valence-electron chi connectivity index (χ1n) is 8.48. The maximum Gasteiger partial charge on any atom is 0.265 e. The van der Waals surface area contributed by atoms with E-state index in [4.69, 9.17) is 9.47 Å². The number of para-hydroxylation sites is 3. The van der Waals surface area contributed by atoms with Gasteiger partial charge in [0.05, 0.1) is 12.2 Å². The summed E-state index contributed by atoms with van der Waals surface area (Å²) in [5, 5.41) is 2.56. The fourth-order valence-corrected chi connectivity index (χ4v) is 3.01. The molecule has 6 heteroatoms. The van der Waals surface area contributed by atoms with E-state index < -0.39 is 6.10 Å². The van der Waals surface area contributed by atoms with Gasteiger partial charge in [-0.05, 0) is 37.1 Å². The third-order valence-corrected chi connectivity index (χ3v) is 4.36. The summed E-state index contributed by atoms with van der Waals surface area (Å²) in [6.45, 7) is 3.92. The molecule has 2 amide bonds. The van der Waals surface area contributed by atoms with Crippen LogP contribution in [0, 0.1) is 13.8 Å². The summed E-state index contributed by atoms with van der Waals surface area (Å²) < 4.78 is 11.5. The maximum absolute atomic E-state index is 12.8. The third kappa shape index (κ3) is 3.49. The first-order valence-corrected chi connectivity index (χ1v) is 8.48. The number of carbonyl (C=O) groups excluding carboxylic acids is 2. The monoisotopic (exact) mass is 354 g/mol. The molecule has 1 atom stereocenters. The molecule has 0 unspecified atom stereocenters. The molecule has 6 nitrogen and oxygen atoms in total. The normalized spacial score (nSPS) is 15.7. The molecule has 1 heterocycles. The van der Waals surface area contributed by atoms with Crippen molar-refractivity contribution in [3.63, 3.8) is 0 Å². The molecule has 26 heavy (non-hydrogen) atoms. The summed E-state index contributed by atoms with van der Waals surface area (Å²) in [5.74, 6) is 0.725. The number of hydrogen-bond acceptors (Lipinski definition) is 4. The zero-order valence-corrected chi connectivity index (χ0v) is 15.1. The molecule has 1 aliphatic heterocycles. The first-order chi connectivity index (χ1) is 12.5. The van der Waals surface area contributed by atoms with E-state index in [-0.39, 0.29) is 25.0 Å². The lowest BCUT2D eigenvalue weighted by atomic mass is 10.1. The van der Waals surface area contributed by atoms with E-state index in [1.807, 2.05) is 38.1 Å². The van der Waals surface area contributed by atoms with E-state index in [1.54, 1.807) is 30.1 Å². The predicted molar refractivity (Wildman–Crippen MR) is 98.7 cm³/mol. The van der Waals surface area contributed by atoms with Gasteiger partial charge in [-0.25, -0.2) is 0 Å². The Labute approximate surface area is 152 Å². The van der Waals surface area contributed by atoms with Crippen molar-refractivity contribution < 1.29 is 19.1 Å². The van der Waals surface area contributed by atoms with Crippen LogP contribution in [0.1, 0.15) is 11.1 Å². The smallest absolute Gasteiger partial charge is 0.265 e. The zero-order valence-electron chi connectivity index (χ0n) is 15.1. The number of likely N-dealkylation sites (N-methyl/N-ethyl adjacent to an activating group) is 1. The number of anilines is 1. The number of carbonyl (C=O) groups is 2. The van der Waals surface area contributed by atoms with Gasteiger partial charge < -0.3 is 19.7 Å². The fraction of sp³-hybridized carbons (Fsp3) is 0.300. The van der Waals surface area contributed by atoms with Crippen LogP contribution in [0.4, 0.5) is 5.69 Å². The van der Waals surface area contributed by atoms with E-state index in [0.717, 1.165) is 11.1 Å². The van der Waals surface area contributed by atoms with Gasteiger partial charge in [-0.2, -0.15) is 0 Å². The van der Waals surface area contributed by atoms with Crippen LogP contribution >= 0.6 is 0 Å². The molecule has 0 aromatic heterocycles. The lowest BCUT2D eigenvalue weighted by molar-refractivity contribution is -0.128. The molecule has 3 rings (SSSR count). The molecule has 0 radical (unpaired) electrons. The molecular weight excluding hydrogens is 332 g/mol. The second-order valence-electron chi connectivity index (χ2n) is 6.20. The Morgan fingerprint density at radius 1 is 1.15 bits per heavy atom. The van der Waals surface area contributed by atoms with E-state index in [1.165, 1.54) is 0 Å². The third-order valence-electron chi connectivity index (χ3n) is 4.36. The fourth-order valence-electron chi connectivity index (χ4n) is 3.01. The highest BCUT2D eigenvalue weighted by atomic mass is 16.5. The van der Waals surface area contributed by atoms with Gasteiger partial charge in [0, 0.05) is 7.05 Å². The summed E-state index contributed by atoms with van der Waals surface area (Å²) in [6.07, 6.45) is -0.751. The Bertz CT molecular complexity index is 814. The Balaban J connectivity index is 1.80. The van der Waals surface area contributed by atoms with Crippen LogP contribution < -0.4 is 19.7 Å². The maximum atomic E-state index is 12.8. The molecule has 0 saturated heterocycles. The van der Waals surface area contributed by atoms with Crippen molar-refractivity contribution in [1.82, 2.24) is 5.32 Å². The van der Waals surface area contributed by atoms with Gasteiger partial charge in [0.25, 0.3) is 11.8 Å². The van der Waals surface area contributed by atoms with Crippen LogP contribution in [0.25, 0.3) is 0 Å². The largest absolute Gasteiger partial charge is 0.483 e. The number of rotatable bonds is 4. The van der Waals surface area contributed by atoms with Gasteiger partial charge in [0.15, 0.2) is 12.7 Å². The van der Waals surface area contributed by atoms with Crippen molar-refractivity contribution in [2.75, 3.05) is 25.1 Å². The Hall–Kier alpha value is -3.02. The van der Waals surface area contributed by atoms with Crippen LogP contribution in [0.15, 0.2) is 42.5 Å². The molecule has 2 aromatic rings. The molecule has 0 fully saturated rings. The average molecular weight is 354 g/mol. The van der Waals surface area contributed by atoms with Crippen LogP contribution in [-0.2, 0) is 9.59 Å². The molecule has 2 aromatic carbocycles. The molecule has 0 aliphatic carbocycles. The minimum absolute atomic E-state index is 0.111. The van der Waals surface area contributed by atoms with Gasteiger partial charge in [-0.1, -0.05) is 30.3 Å². The number of nitrogens with one attached hydrogen (secondary N) is 1. The van der Waals surface area contributed by atoms with Crippen LogP contribution in [0.3, 0.4) is 0 Å². The molecule has 0 spiro atoms. The highest BCUT2D eigenvalue weighted by molar-refractivity contribution is 5.98. The second-order valence-corrected chi connectivity index (χ2v) is 6.20. The minimum atomic E-state index is -0.751. The quantitative estimate of drug-likeness (QED) is 0.914. The highest BCUT2D eigenvalue weighted by Crippen LogP contribution is 2.33. The summed E-state index contributed by atoms with van der Waals surface area (Å²) in [6, 6.07) is 13.0. The lowest BCUT2D eigenvalue weighted by Gasteiger charge is -2.34. The Morgan fingerprint density at radius 3 is 2.54 bits per heavy atom. The molecule has 1 aliphatic rings. The van der Waals surface area contributed by atoms with Crippen LogP contribution in [0.2, 0.25) is 0 Å². The van der Waals surface area contributed by atoms with Gasteiger partial charge in [-0.15, -0.1) is 0 Å². The summed E-state index contributed by atoms with van der Waals surface area (Å²) in [7, 11) is 1.54. The van der Waals surface area contributed by atoms with Crippen molar-refractivity contribution >= 4 is 17.5 Å². The number of hydrogen-bond donors (Lipinski definition) is 1. The summed E-state index contributed by atoms with van der Waals surface area (Å²) >= 11 is 0. The van der Waals surface area contributed by atoms with Gasteiger partial charge in [0.2, 0.25) is 0 Å². The Morgan fingerprint density at radius 2 is 1.85 bits per heavy atom. The number of amides is 2. The average Bonchev–Trinajstić information content (AvgIpc) is 2.65. The van der Waals surface area contributed by atoms with Gasteiger partial charge in [-0.3, -0.25) is 9.59 Å². The van der Waals surface area contributed by atoms with Crippen molar-refractivity contribution in [3.05, 3.63) is 53.6 Å². The molecule has 0 saturated carbocycles. The van der Waals surface area contributed by atoms with Crippen molar-refractivity contribution in [1.29, 1.82) is 0 Å². The molecule has 0 bridgehead atoms. The van der Waals surface area contributed by atoms with E-state index in [0.29, 0.717) is 17.2 Å². The first kappa shape index (κ1) is 17.8. The van der Waals surface area contributed by atoms with Crippen molar-refractivity contribution in [2.45, 2.75) is 20.0 Å². The van der Waals surface area contributed by atoms with Crippen molar-refractivity contribution in [3.8, 4) is 11.5 Å². The van der Waals surface area contributed by atoms with Crippen LogP contribution in [-0.4, -0.2) is 38.1 Å². The second kappa shape index (κ2) is 7.47. The number of aryl methyl sites for hydroxylation is 2. The Kier molecular flexibility index (Phi) is 5.11. The van der Waals surface area contributed by atoms with E-state index in [9.17, 15) is 9.59 Å². The van der Waals surface area contributed by atoms with Crippen LogP contribution in [0.5, 0.6) is 11.5 Å². The molecule has 1 N–H and O–H groups in total. The summed E-state index contributed by atoms with van der Waals surface area (Å²) in [4.78, 5) is 26.4. The van der Waals surface area contributed by atoms with E-state index >= 15 is 0 Å². The summed E-state index contributed by atoms with van der Waals surface area (Å²) in [5.41, 5.74) is 2.59.